The van der Waals surface area contributed by atoms with Crippen molar-refractivity contribution >= 4 is 34.4 Å². The minimum Gasteiger partial charge on any atom is -0.456 e. The highest BCUT2D eigenvalue weighted by molar-refractivity contribution is 6.30. The summed E-state index contributed by atoms with van der Waals surface area (Å²) in [5, 5.41) is 19.2. The third kappa shape index (κ3) is 4.67. The van der Waals surface area contributed by atoms with Gasteiger partial charge in [0.15, 0.2) is 12.2 Å². The smallest absolute Gasteiger partial charge is 0.419 e. The van der Waals surface area contributed by atoms with E-state index < -0.39 is 16.6 Å². The molecule has 0 N–H and O–H groups in total. The highest BCUT2D eigenvalue weighted by Crippen LogP contribution is 2.21. The Morgan fingerprint density at radius 1 is 1.16 bits per heavy atom. The molecule has 0 amide bonds. The average molecular weight is 459 g/mol. The summed E-state index contributed by atoms with van der Waals surface area (Å²) in [6.07, 6.45) is 0.328. The van der Waals surface area contributed by atoms with Crippen LogP contribution in [0, 0.1) is 10.1 Å². The first-order valence-electron chi connectivity index (χ1n) is 9.42. The van der Waals surface area contributed by atoms with Crippen LogP contribution >= 0.6 is 11.6 Å². The number of oxazole rings is 1. The summed E-state index contributed by atoms with van der Waals surface area (Å²) >= 11 is 5.85. The van der Waals surface area contributed by atoms with Crippen molar-refractivity contribution in [3.05, 3.63) is 74.0 Å². The number of fused-ring (bicyclic) bond motifs is 1. The van der Waals surface area contributed by atoms with Crippen molar-refractivity contribution in [2.24, 2.45) is 0 Å². The number of benzene rings is 2. The maximum absolute atomic E-state index is 12.0. The molecule has 0 aliphatic heterocycles. The molecule has 0 saturated heterocycles. The van der Waals surface area contributed by atoms with E-state index in [-0.39, 0.29) is 42.6 Å². The van der Waals surface area contributed by atoms with Crippen LogP contribution in [0.2, 0.25) is 5.02 Å². The van der Waals surface area contributed by atoms with Crippen LogP contribution in [0.5, 0.6) is 0 Å². The first kappa shape index (κ1) is 21.2. The van der Waals surface area contributed by atoms with E-state index in [0.29, 0.717) is 22.5 Å². The second kappa shape index (κ2) is 9.02. The van der Waals surface area contributed by atoms with E-state index in [4.69, 9.17) is 25.2 Å². The van der Waals surface area contributed by atoms with Gasteiger partial charge in [0.25, 0.3) is 11.6 Å². The number of nitro groups is 1. The quantitative estimate of drug-likeness (QED) is 0.219. The van der Waals surface area contributed by atoms with E-state index in [1.165, 1.54) is 22.8 Å². The molecule has 2 aromatic carbocycles. The third-order valence-corrected chi connectivity index (χ3v) is 4.79. The molecule has 11 nitrogen and oxygen atoms in total. The molecule has 0 atom stereocenters. The molecule has 2 heterocycles. The van der Waals surface area contributed by atoms with Gasteiger partial charge in [0.05, 0.1) is 16.5 Å². The number of hydrogen-bond acceptors (Lipinski definition) is 9. The Morgan fingerprint density at radius 2 is 1.94 bits per heavy atom. The minimum atomic E-state index is -0.658. The predicted molar refractivity (Wildman–Crippen MR) is 111 cm³/mol. The molecule has 2 aromatic heterocycles. The highest BCUT2D eigenvalue weighted by Gasteiger charge is 2.15. The molecule has 0 aliphatic carbocycles. The van der Waals surface area contributed by atoms with Gasteiger partial charge < -0.3 is 13.6 Å². The molecule has 0 radical (unpaired) electrons. The second-order valence-electron chi connectivity index (χ2n) is 6.70. The van der Waals surface area contributed by atoms with E-state index in [2.05, 4.69) is 10.2 Å². The Bertz CT molecular complexity index is 1340. The Morgan fingerprint density at radius 3 is 2.69 bits per heavy atom. The lowest BCUT2D eigenvalue weighted by Gasteiger charge is -2.03. The lowest BCUT2D eigenvalue weighted by atomic mass is 10.2. The fraction of sp³-hybridized carbons (Fsp3) is 0.200. The van der Waals surface area contributed by atoms with Gasteiger partial charge in [-0.15, -0.1) is 10.2 Å². The Balaban J connectivity index is 1.30. The van der Waals surface area contributed by atoms with Crippen LogP contribution in [0.15, 0.2) is 56.1 Å². The van der Waals surface area contributed by atoms with Crippen LogP contribution in [0.4, 0.5) is 5.69 Å². The molecule has 4 aromatic rings. The molecule has 12 heteroatoms. The number of carbonyl (C=O) groups is 1. The Hall–Kier alpha value is -3.99. The van der Waals surface area contributed by atoms with Crippen molar-refractivity contribution in [3.8, 4) is 11.5 Å². The van der Waals surface area contributed by atoms with E-state index >= 15 is 0 Å². The normalized spacial score (nSPS) is 11.0. The van der Waals surface area contributed by atoms with E-state index in [1.54, 1.807) is 24.3 Å². The van der Waals surface area contributed by atoms with Crippen LogP contribution in [-0.4, -0.2) is 25.7 Å². The monoisotopic (exact) mass is 458 g/mol. The number of esters is 1. The van der Waals surface area contributed by atoms with Gasteiger partial charge in [-0.2, -0.15) is 0 Å². The van der Waals surface area contributed by atoms with Gasteiger partial charge in [0, 0.05) is 29.6 Å². The van der Waals surface area contributed by atoms with Gasteiger partial charge in [-0.25, -0.2) is 4.79 Å². The highest BCUT2D eigenvalue weighted by atomic mass is 35.5. The summed E-state index contributed by atoms with van der Waals surface area (Å²) in [6.45, 7) is -0.00229. The molecule has 164 valence electrons. The zero-order valence-electron chi connectivity index (χ0n) is 16.4. The number of rotatable bonds is 8. The van der Waals surface area contributed by atoms with E-state index in [1.807, 2.05) is 0 Å². The van der Waals surface area contributed by atoms with Crippen molar-refractivity contribution in [3.63, 3.8) is 0 Å². The molecule has 0 aliphatic rings. The standard InChI is InChI=1S/C20H15ClN4O7/c21-13-5-3-12(4-6-13)19-23-22-17(32-19)11-30-18(26)2-1-9-24-15-8-7-14(25(28)29)10-16(15)31-20(24)27/h3-8,10H,1-2,9,11H2. The summed E-state index contributed by atoms with van der Waals surface area (Å²) in [6, 6.07) is 10.7. The Labute approximate surface area is 184 Å². The van der Waals surface area contributed by atoms with Crippen molar-refractivity contribution in [1.82, 2.24) is 14.8 Å². The fourth-order valence-electron chi connectivity index (χ4n) is 3.00. The maximum atomic E-state index is 12.0. The second-order valence-corrected chi connectivity index (χ2v) is 7.14. The van der Waals surface area contributed by atoms with Gasteiger partial charge in [-0.1, -0.05) is 11.6 Å². The van der Waals surface area contributed by atoms with Crippen LogP contribution < -0.4 is 5.76 Å². The minimum absolute atomic E-state index is 0.0320. The van der Waals surface area contributed by atoms with Crippen LogP contribution in [-0.2, 0) is 22.7 Å². The first-order chi connectivity index (χ1) is 15.4. The van der Waals surface area contributed by atoms with Gasteiger partial charge in [0.2, 0.25) is 5.89 Å². The summed E-state index contributed by atoms with van der Waals surface area (Å²) in [7, 11) is 0. The number of halogens is 1. The molecular formula is C20H15ClN4O7. The largest absolute Gasteiger partial charge is 0.456 e. The number of ether oxygens (including phenoxy) is 1. The zero-order valence-corrected chi connectivity index (χ0v) is 17.2. The molecule has 0 fully saturated rings. The average Bonchev–Trinajstić information content (AvgIpc) is 3.36. The van der Waals surface area contributed by atoms with Gasteiger partial charge in [-0.05, 0) is 36.8 Å². The number of nitrogens with zero attached hydrogens (tertiary/aromatic N) is 4. The fourth-order valence-corrected chi connectivity index (χ4v) is 3.12. The number of nitro benzene ring substituents is 1. The lowest BCUT2D eigenvalue weighted by molar-refractivity contribution is -0.384. The summed E-state index contributed by atoms with van der Waals surface area (Å²) in [5.74, 6) is -0.747. The first-order valence-corrected chi connectivity index (χ1v) is 9.80. The van der Waals surface area contributed by atoms with Crippen molar-refractivity contribution in [2.45, 2.75) is 26.0 Å². The number of non-ortho nitro benzene ring substituents is 1. The molecule has 0 bridgehead atoms. The van der Waals surface area contributed by atoms with Gasteiger partial charge in [0.1, 0.15) is 0 Å². The van der Waals surface area contributed by atoms with Crippen molar-refractivity contribution in [1.29, 1.82) is 0 Å². The topological polar surface area (TPSA) is 144 Å². The van der Waals surface area contributed by atoms with Crippen molar-refractivity contribution in [2.75, 3.05) is 0 Å². The molecule has 4 rings (SSSR count). The molecule has 0 spiro atoms. The number of hydrogen-bond donors (Lipinski definition) is 0. The van der Waals surface area contributed by atoms with Crippen LogP contribution in [0.25, 0.3) is 22.6 Å². The van der Waals surface area contributed by atoms with Crippen LogP contribution in [0.1, 0.15) is 18.7 Å². The lowest BCUT2D eigenvalue weighted by Crippen LogP contribution is -2.15. The predicted octanol–water partition coefficient (Wildman–Crippen LogP) is 3.73. The third-order valence-electron chi connectivity index (χ3n) is 4.54. The maximum Gasteiger partial charge on any atom is 0.419 e. The SMILES string of the molecule is O=C(CCCn1c(=O)oc2cc([N+](=O)[O-])ccc21)OCc1nnc(-c2ccc(Cl)cc2)o1. The van der Waals surface area contributed by atoms with E-state index in [9.17, 15) is 19.7 Å². The molecular weight excluding hydrogens is 444 g/mol. The number of aryl methyl sites for hydroxylation is 1. The van der Waals surface area contributed by atoms with Crippen molar-refractivity contribution < 1.29 is 23.3 Å². The van der Waals surface area contributed by atoms with E-state index in [0.717, 1.165) is 0 Å². The summed E-state index contributed by atoms with van der Waals surface area (Å²) in [5.41, 5.74) is 1.03. The number of aromatic nitrogens is 3. The zero-order chi connectivity index (χ0) is 22.7. The molecule has 32 heavy (non-hydrogen) atoms. The number of carbonyl (C=O) groups excluding carboxylic acids is 1. The summed E-state index contributed by atoms with van der Waals surface area (Å²) in [4.78, 5) is 34.3. The van der Waals surface area contributed by atoms with Gasteiger partial charge >= 0.3 is 11.7 Å². The van der Waals surface area contributed by atoms with Crippen LogP contribution in [0.3, 0.4) is 0 Å². The Kier molecular flexibility index (Phi) is 5.99. The molecule has 0 unspecified atom stereocenters. The van der Waals surface area contributed by atoms with Gasteiger partial charge in [-0.3, -0.25) is 19.5 Å². The summed E-state index contributed by atoms with van der Waals surface area (Å²) < 4.78 is 17.0. The molecule has 0 saturated carbocycles.